The minimum absolute atomic E-state index is 0.0939. The van der Waals surface area contributed by atoms with Gasteiger partial charge in [0.05, 0.1) is 36.6 Å². The van der Waals surface area contributed by atoms with Crippen molar-refractivity contribution >= 4 is 26.6 Å². The van der Waals surface area contributed by atoms with E-state index >= 15 is 0 Å². The van der Waals surface area contributed by atoms with Gasteiger partial charge in [-0.3, -0.25) is 4.79 Å². The number of hydrogen-bond donors (Lipinski definition) is 2. The van der Waals surface area contributed by atoms with Crippen LogP contribution in [-0.2, 0) is 23.0 Å². The average molecular weight is 416 g/mol. The summed E-state index contributed by atoms with van der Waals surface area (Å²) in [4.78, 5) is 22.1. The maximum atomic E-state index is 12.6. The van der Waals surface area contributed by atoms with E-state index in [4.69, 9.17) is 14.6 Å². The lowest BCUT2D eigenvalue weighted by atomic mass is 10.2. The van der Waals surface area contributed by atoms with E-state index in [9.17, 15) is 13.2 Å². The van der Waals surface area contributed by atoms with Gasteiger partial charge >= 0.3 is 0 Å². The molecule has 0 atom stereocenters. The molecule has 3 N–H and O–H groups in total. The van der Waals surface area contributed by atoms with Crippen molar-refractivity contribution in [3.8, 4) is 11.5 Å². The summed E-state index contributed by atoms with van der Waals surface area (Å²) in [6.45, 7) is 1.05. The standard InChI is InChI=1S/C19H20N4O5S/c1-27-16-8-13-14(9-17(16)28-2)21-18(22-19(13)24)10-23-6-5-11-7-12(29(20,25)26)3-4-15(11)23/h3-4,7-9H,5-6,10H2,1-2H3,(H2,20,25,26)(H,21,22,24). The van der Waals surface area contributed by atoms with Crippen LogP contribution in [0, 0.1) is 0 Å². The first-order chi connectivity index (χ1) is 13.8. The summed E-state index contributed by atoms with van der Waals surface area (Å²) in [5.74, 6) is 1.45. The van der Waals surface area contributed by atoms with Crippen LogP contribution in [-0.4, -0.2) is 39.2 Å². The molecule has 2 aromatic carbocycles. The monoisotopic (exact) mass is 416 g/mol. The summed E-state index contributed by atoms with van der Waals surface area (Å²) < 4.78 is 33.7. The van der Waals surface area contributed by atoms with Crippen molar-refractivity contribution in [2.75, 3.05) is 25.7 Å². The number of fused-ring (bicyclic) bond motifs is 2. The zero-order valence-electron chi connectivity index (χ0n) is 15.9. The Balaban J connectivity index is 1.69. The summed E-state index contributed by atoms with van der Waals surface area (Å²) in [5.41, 5.74) is 2.03. The van der Waals surface area contributed by atoms with Gasteiger partial charge in [0.1, 0.15) is 5.82 Å². The number of ether oxygens (including phenoxy) is 2. The van der Waals surface area contributed by atoms with Crippen LogP contribution in [0.4, 0.5) is 5.69 Å². The first-order valence-corrected chi connectivity index (χ1v) is 10.4. The van der Waals surface area contributed by atoms with Crippen LogP contribution in [0.1, 0.15) is 11.4 Å². The SMILES string of the molecule is COc1cc2nc(CN3CCc4cc(S(N)(=O)=O)ccc43)[nH]c(=O)c2cc1OC. The number of primary sulfonamides is 1. The molecule has 0 radical (unpaired) electrons. The zero-order valence-corrected chi connectivity index (χ0v) is 16.7. The molecular weight excluding hydrogens is 396 g/mol. The van der Waals surface area contributed by atoms with Crippen molar-refractivity contribution in [1.82, 2.24) is 9.97 Å². The minimum atomic E-state index is -3.74. The first-order valence-electron chi connectivity index (χ1n) is 8.86. The molecule has 2 heterocycles. The summed E-state index contributed by atoms with van der Waals surface area (Å²) in [6, 6.07) is 8.08. The zero-order chi connectivity index (χ0) is 20.8. The highest BCUT2D eigenvalue weighted by Crippen LogP contribution is 2.32. The number of aromatic amines is 1. The number of methoxy groups -OCH3 is 2. The second kappa shape index (κ2) is 7.05. The largest absolute Gasteiger partial charge is 0.493 e. The van der Waals surface area contributed by atoms with Crippen LogP contribution in [0.5, 0.6) is 11.5 Å². The summed E-state index contributed by atoms with van der Waals surface area (Å²) in [7, 11) is -0.715. The molecule has 0 saturated carbocycles. The number of nitrogens with two attached hydrogens (primary N) is 1. The average Bonchev–Trinajstić information content (AvgIpc) is 3.08. The number of hydrogen-bond acceptors (Lipinski definition) is 7. The lowest BCUT2D eigenvalue weighted by Gasteiger charge is -2.19. The Kier molecular flexibility index (Phi) is 4.67. The van der Waals surface area contributed by atoms with Crippen molar-refractivity contribution < 1.29 is 17.9 Å². The van der Waals surface area contributed by atoms with Gasteiger partial charge in [-0.2, -0.15) is 0 Å². The molecule has 1 aliphatic rings. The third-order valence-corrected chi connectivity index (χ3v) is 5.88. The number of anilines is 1. The lowest BCUT2D eigenvalue weighted by Crippen LogP contribution is -2.23. The van der Waals surface area contributed by atoms with Crippen molar-refractivity contribution in [3.63, 3.8) is 0 Å². The number of sulfonamides is 1. The molecular formula is C19H20N4O5S. The van der Waals surface area contributed by atoms with Crippen LogP contribution in [0.2, 0.25) is 0 Å². The predicted octanol–water partition coefficient (Wildman–Crippen LogP) is 1.15. The van der Waals surface area contributed by atoms with Gasteiger partial charge in [-0.1, -0.05) is 0 Å². The Labute approximate surface area is 167 Å². The molecule has 1 aromatic heterocycles. The van der Waals surface area contributed by atoms with Crippen LogP contribution in [0.15, 0.2) is 40.0 Å². The molecule has 152 valence electrons. The number of nitrogens with one attached hydrogen (secondary N) is 1. The highest BCUT2D eigenvalue weighted by atomic mass is 32.2. The molecule has 0 fully saturated rings. The van der Waals surface area contributed by atoms with Gasteiger partial charge in [0.15, 0.2) is 11.5 Å². The Morgan fingerprint density at radius 2 is 1.90 bits per heavy atom. The minimum Gasteiger partial charge on any atom is -0.493 e. The van der Waals surface area contributed by atoms with E-state index in [1.54, 1.807) is 24.3 Å². The highest BCUT2D eigenvalue weighted by molar-refractivity contribution is 7.89. The summed E-state index contributed by atoms with van der Waals surface area (Å²) in [5, 5.41) is 5.62. The van der Waals surface area contributed by atoms with Gasteiger partial charge in [0, 0.05) is 18.3 Å². The smallest absolute Gasteiger partial charge is 0.258 e. The number of nitrogens with zero attached hydrogens (tertiary/aromatic N) is 2. The fourth-order valence-corrected chi connectivity index (χ4v) is 4.12. The fraction of sp³-hybridized carbons (Fsp3) is 0.263. The fourth-order valence-electron chi connectivity index (χ4n) is 3.56. The molecule has 0 amide bonds. The Morgan fingerprint density at radius 3 is 2.59 bits per heavy atom. The van der Waals surface area contributed by atoms with Crippen molar-refractivity contribution in [1.29, 1.82) is 0 Å². The van der Waals surface area contributed by atoms with Gasteiger partial charge in [0.25, 0.3) is 5.56 Å². The molecule has 0 saturated heterocycles. The third-order valence-electron chi connectivity index (χ3n) is 4.97. The van der Waals surface area contributed by atoms with Crippen molar-refractivity contribution in [3.05, 3.63) is 52.1 Å². The van der Waals surface area contributed by atoms with E-state index in [0.717, 1.165) is 11.3 Å². The van der Waals surface area contributed by atoms with Crippen LogP contribution in [0.3, 0.4) is 0 Å². The molecule has 0 aliphatic carbocycles. The van der Waals surface area contributed by atoms with Crippen LogP contribution < -0.4 is 25.1 Å². The molecule has 29 heavy (non-hydrogen) atoms. The number of benzene rings is 2. The molecule has 4 rings (SSSR count). The molecule has 0 spiro atoms. The van der Waals surface area contributed by atoms with Crippen molar-refractivity contribution in [2.24, 2.45) is 5.14 Å². The molecule has 1 aliphatic heterocycles. The second-order valence-corrected chi connectivity index (χ2v) is 8.31. The van der Waals surface area contributed by atoms with E-state index in [0.29, 0.717) is 47.7 Å². The van der Waals surface area contributed by atoms with E-state index in [-0.39, 0.29) is 10.5 Å². The number of aromatic nitrogens is 2. The predicted molar refractivity (Wildman–Crippen MR) is 108 cm³/mol. The Bertz CT molecular complexity index is 1270. The Morgan fingerprint density at radius 1 is 1.17 bits per heavy atom. The second-order valence-electron chi connectivity index (χ2n) is 6.74. The lowest BCUT2D eigenvalue weighted by molar-refractivity contribution is 0.355. The molecule has 9 nitrogen and oxygen atoms in total. The first kappa shape index (κ1) is 19.2. The van der Waals surface area contributed by atoms with Crippen LogP contribution >= 0.6 is 0 Å². The number of H-pyrrole nitrogens is 1. The topological polar surface area (TPSA) is 128 Å². The van der Waals surface area contributed by atoms with E-state index in [1.165, 1.54) is 20.3 Å². The van der Waals surface area contributed by atoms with Gasteiger partial charge in [0.2, 0.25) is 10.0 Å². The van der Waals surface area contributed by atoms with Gasteiger partial charge < -0.3 is 19.4 Å². The van der Waals surface area contributed by atoms with Gasteiger partial charge in [-0.05, 0) is 36.2 Å². The van der Waals surface area contributed by atoms with Gasteiger partial charge in [-0.15, -0.1) is 0 Å². The van der Waals surface area contributed by atoms with E-state index < -0.39 is 10.0 Å². The third kappa shape index (κ3) is 3.52. The van der Waals surface area contributed by atoms with E-state index in [2.05, 4.69) is 9.97 Å². The molecule has 0 unspecified atom stereocenters. The van der Waals surface area contributed by atoms with Crippen LogP contribution in [0.25, 0.3) is 10.9 Å². The summed E-state index contributed by atoms with van der Waals surface area (Å²) in [6.07, 6.45) is 0.682. The molecule has 0 bridgehead atoms. The number of rotatable bonds is 5. The maximum Gasteiger partial charge on any atom is 0.258 e. The maximum absolute atomic E-state index is 12.6. The van der Waals surface area contributed by atoms with Gasteiger partial charge in [-0.25, -0.2) is 18.5 Å². The summed E-state index contributed by atoms with van der Waals surface area (Å²) >= 11 is 0. The quantitative estimate of drug-likeness (QED) is 0.638. The van der Waals surface area contributed by atoms with Crippen molar-refractivity contribution in [2.45, 2.75) is 17.9 Å². The van der Waals surface area contributed by atoms with E-state index in [1.807, 2.05) is 4.90 Å². The molecule has 10 heteroatoms. The Hall–Kier alpha value is -3.11. The highest BCUT2D eigenvalue weighted by Gasteiger charge is 2.22. The normalized spacial score (nSPS) is 13.6. The molecule has 3 aromatic rings.